The highest BCUT2D eigenvalue weighted by Gasteiger charge is 2.35. The minimum absolute atomic E-state index is 0.597. The van der Waals surface area contributed by atoms with Crippen molar-refractivity contribution in [1.82, 2.24) is 5.32 Å². The van der Waals surface area contributed by atoms with E-state index in [1.54, 1.807) is 0 Å². The molecule has 1 saturated carbocycles. The van der Waals surface area contributed by atoms with Gasteiger partial charge in [0.2, 0.25) is 0 Å². The third kappa shape index (κ3) is 4.08. The fourth-order valence-corrected chi connectivity index (χ4v) is 3.32. The fourth-order valence-electron chi connectivity index (χ4n) is 3.32. The Balaban J connectivity index is 2.21. The number of hydrogen-bond acceptors (Lipinski definition) is 1. The SMILES string of the molecule is CCCCCCCC(NC)C1(C)CCCC1. The van der Waals surface area contributed by atoms with Crippen LogP contribution in [0.5, 0.6) is 0 Å². The van der Waals surface area contributed by atoms with E-state index in [0.717, 1.165) is 6.04 Å². The summed E-state index contributed by atoms with van der Waals surface area (Å²) in [5.74, 6) is 0. The van der Waals surface area contributed by atoms with Crippen molar-refractivity contribution in [3.63, 3.8) is 0 Å². The lowest BCUT2D eigenvalue weighted by Crippen LogP contribution is -2.40. The Labute approximate surface area is 102 Å². The second kappa shape index (κ2) is 7.32. The number of rotatable bonds is 8. The highest BCUT2D eigenvalue weighted by molar-refractivity contribution is 4.90. The van der Waals surface area contributed by atoms with Crippen LogP contribution in [0.2, 0.25) is 0 Å². The van der Waals surface area contributed by atoms with Gasteiger partial charge >= 0.3 is 0 Å². The molecule has 0 bridgehead atoms. The Morgan fingerprint density at radius 1 is 1.06 bits per heavy atom. The molecule has 1 rings (SSSR count). The molecule has 0 amide bonds. The zero-order valence-corrected chi connectivity index (χ0v) is 11.6. The molecule has 96 valence electrons. The van der Waals surface area contributed by atoms with Crippen LogP contribution in [-0.2, 0) is 0 Å². The van der Waals surface area contributed by atoms with Gasteiger partial charge in [-0.05, 0) is 31.7 Å². The van der Waals surface area contributed by atoms with E-state index in [9.17, 15) is 0 Å². The zero-order valence-electron chi connectivity index (χ0n) is 11.6. The largest absolute Gasteiger partial charge is 0.316 e. The van der Waals surface area contributed by atoms with Crippen LogP contribution in [-0.4, -0.2) is 13.1 Å². The molecule has 0 aliphatic heterocycles. The van der Waals surface area contributed by atoms with E-state index in [2.05, 4.69) is 26.2 Å². The molecule has 0 aromatic rings. The summed E-state index contributed by atoms with van der Waals surface area (Å²) >= 11 is 0. The molecular weight excluding hydrogens is 194 g/mol. The molecule has 1 aliphatic rings. The maximum absolute atomic E-state index is 3.58. The predicted octanol–water partition coefficient (Wildman–Crippen LogP) is 4.52. The van der Waals surface area contributed by atoms with Gasteiger partial charge < -0.3 is 5.32 Å². The van der Waals surface area contributed by atoms with Crippen molar-refractivity contribution in [1.29, 1.82) is 0 Å². The first-order chi connectivity index (χ1) is 7.73. The van der Waals surface area contributed by atoms with E-state index in [1.807, 2.05) is 0 Å². The van der Waals surface area contributed by atoms with Crippen LogP contribution in [0, 0.1) is 5.41 Å². The third-order valence-corrected chi connectivity index (χ3v) is 4.53. The van der Waals surface area contributed by atoms with E-state index in [-0.39, 0.29) is 0 Å². The van der Waals surface area contributed by atoms with Gasteiger partial charge in [-0.2, -0.15) is 0 Å². The summed E-state index contributed by atoms with van der Waals surface area (Å²) in [6, 6.07) is 0.761. The highest BCUT2D eigenvalue weighted by atomic mass is 14.9. The van der Waals surface area contributed by atoms with E-state index < -0.39 is 0 Å². The number of nitrogens with one attached hydrogen (secondary N) is 1. The second-order valence-corrected chi connectivity index (χ2v) is 5.91. The number of hydrogen-bond donors (Lipinski definition) is 1. The Morgan fingerprint density at radius 3 is 2.25 bits per heavy atom. The maximum atomic E-state index is 3.58. The summed E-state index contributed by atoms with van der Waals surface area (Å²) in [5, 5.41) is 3.58. The van der Waals surface area contributed by atoms with Gasteiger partial charge in [0.1, 0.15) is 0 Å². The van der Waals surface area contributed by atoms with Crippen LogP contribution >= 0.6 is 0 Å². The lowest BCUT2D eigenvalue weighted by Gasteiger charge is -2.34. The average Bonchev–Trinajstić information content (AvgIpc) is 2.71. The Hall–Kier alpha value is -0.0400. The van der Waals surface area contributed by atoms with Gasteiger partial charge in [-0.15, -0.1) is 0 Å². The fraction of sp³-hybridized carbons (Fsp3) is 1.00. The van der Waals surface area contributed by atoms with Gasteiger partial charge in [-0.25, -0.2) is 0 Å². The van der Waals surface area contributed by atoms with Crippen molar-refractivity contribution in [2.45, 2.75) is 84.1 Å². The van der Waals surface area contributed by atoms with Crippen LogP contribution in [0.25, 0.3) is 0 Å². The van der Waals surface area contributed by atoms with E-state index in [0.29, 0.717) is 5.41 Å². The molecule has 16 heavy (non-hydrogen) atoms. The predicted molar refractivity (Wildman–Crippen MR) is 72.8 cm³/mol. The van der Waals surface area contributed by atoms with Crippen molar-refractivity contribution in [3.05, 3.63) is 0 Å². The molecule has 1 atom stereocenters. The molecule has 0 aromatic heterocycles. The standard InChI is InChI=1S/C15H31N/c1-4-5-6-7-8-11-14(16-3)15(2)12-9-10-13-15/h14,16H,4-13H2,1-3H3. The van der Waals surface area contributed by atoms with E-state index in [4.69, 9.17) is 0 Å². The van der Waals surface area contributed by atoms with Gasteiger partial charge in [-0.1, -0.05) is 58.8 Å². The van der Waals surface area contributed by atoms with Crippen LogP contribution in [0.15, 0.2) is 0 Å². The van der Waals surface area contributed by atoms with Gasteiger partial charge in [0, 0.05) is 6.04 Å². The summed E-state index contributed by atoms with van der Waals surface area (Å²) in [6.07, 6.45) is 14.2. The Kier molecular flexibility index (Phi) is 6.41. The molecule has 0 spiro atoms. The van der Waals surface area contributed by atoms with Gasteiger partial charge in [0.05, 0.1) is 0 Å². The second-order valence-electron chi connectivity index (χ2n) is 5.91. The summed E-state index contributed by atoms with van der Waals surface area (Å²) in [5.41, 5.74) is 0.597. The average molecular weight is 225 g/mol. The highest BCUT2D eigenvalue weighted by Crippen LogP contribution is 2.41. The molecular formula is C15H31N. The molecule has 1 heteroatoms. The van der Waals surface area contributed by atoms with Gasteiger partial charge in [0.25, 0.3) is 0 Å². The molecule has 0 heterocycles. The first-order valence-electron chi connectivity index (χ1n) is 7.40. The smallest absolute Gasteiger partial charge is 0.0118 e. The number of unbranched alkanes of at least 4 members (excludes halogenated alkanes) is 4. The quantitative estimate of drug-likeness (QED) is 0.599. The molecule has 1 unspecified atom stereocenters. The molecule has 0 aromatic carbocycles. The third-order valence-electron chi connectivity index (χ3n) is 4.53. The van der Waals surface area contributed by atoms with Crippen molar-refractivity contribution in [2.75, 3.05) is 7.05 Å². The molecule has 1 nitrogen and oxygen atoms in total. The van der Waals surface area contributed by atoms with Crippen LogP contribution in [0.1, 0.15) is 78.1 Å². The van der Waals surface area contributed by atoms with Crippen LogP contribution < -0.4 is 5.32 Å². The van der Waals surface area contributed by atoms with Crippen LogP contribution in [0.3, 0.4) is 0 Å². The van der Waals surface area contributed by atoms with Crippen molar-refractivity contribution in [2.24, 2.45) is 5.41 Å². The topological polar surface area (TPSA) is 12.0 Å². The van der Waals surface area contributed by atoms with Crippen molar-refractivity contribution in [3.8, 4) is 0 Å². The lowest BCUT2D eigenvalue weighted by molar-refractivity contribution is 0.215. The first kappa shape index (κ1) is 14.0. The monoisotopic (exact) mass is 225 g/mol. The zero-order chi connectivity index (χ0) is 11.9. The molecule has 0 radical (unpaired) electrons. The van der Waals surface area contributed by atoms with E-state index in [1.165, 1.54) is 64.2 Å². The first-order valence-corrected chi connectivity index (χ1v) is 7.40. The Morgan fingerprint density at radius 2 is 1.69 bits per heavy atom. The van der Waals surface area contributed by atoms with Crippen LogP contribution in [0.4, 0.5) is 0 Å². The van der Waals surface area contributed by atoms with Crippen molar-refractivity contribution < 1.29 is 0 Å². The minimum atomic E-state index is 0.597. The summed E-state index contributed by atoms with van der Waals surface area (Å²) in [7, 11) is 2.15. The molecule has 1 N–H and O–H groups in total. The molecule has 0 saturated heterocycles. The lowest BCUT2D eigenvalue weighted by atomic mass is 9.78. The molecule has 1 fully saturated rings. The summed E-state index contributed by atoms with van der Waals surface area (Å²) in [4.78, 5) is 0. The Bertz CT molecular complexity index is 170. The van der Waals surface area contributed by atoms with Crippen molar-refractivity contribution >= 4 is 0 Å². The van der Waals surface area contributed by atoms with Gasteiger partial charge in [-0.3, -0.25) is 0 Å². The normalized spacial score (nSPS) is 21.2. The summed E-state index contributed by atoms with van der Waals surface area (Å²) < 4.78 is 0. The minimum Gasteiger partial charge on any atom is -0.316 e. The van der Waals surface area contributed by atoms with E-state index >= 15 is 0 Å². The maximum Gasteiger partial charge on any atom is 0.0118 e. The molecule has 1 aliphatic carbocycles. The van der Waals surface area contributed by atoms with Gasteiger partial charge in [0.15, 0.2) is 0 Å². The summed E-state index contributed by atoms with van der Waals surface area (Å²) in [6.45, 7) is 4.78.